The van der Waals surface area contributed by atoms with Crippen molar-refractivity contribution in [2.24, 2.45) is 0 Å². The number of benzene rings is 1. The van der Waals surface area contributed by atoms with E-state index in [1.54, 1.807) is 0 Å². The van der Waals surface area contributed by atoms with Gasteiger partial charge in [0.15, 0.2) is 9.84 Å². The van der Waals surface area contributed by atoms with Crippen LogP contribution in [0.5, 0.6) is 5.75 Å². The van der Waals surface area contributed by atoms with E-state index in [2.05, 4.69) is 46.9 Å². The molecule has 6 heteroatoms. The first-order chi connectivity index (χ1) is 12.2. The molecule has 1 heterocycles. The van der Waals surface area contributed by atoms with Crippen LogP contribution in [0.1, 0.15) is 71.1 Å². The smallest absolute Gasteiger partial charge is 0.220 e. The molecule has 1 amide bonds. The number of amides is 1. The van der Waals surface area contributed by atoms with Gasteiger partial charge in [-0.3, -0.25) is 4.79 Å². The molecular weight excluding hydrogens is 362 g/mol. The molecule has 0 unspecified atom stereocenters. The van der Waals surface area contributed by atoms with E-state index in [-0.39, 0.29) is 34.3 Å². The Balaban J connectivity index is 2.15. The molecule has 0 spiro atoms. The summed E-state index contributed by atoms with van der Waals surface area (Å²) < 4.78 is 23.0. The Morgan fingerprint density at radius 3 is 2.04 bits per heavy atom. The van der Waals surface area contributed by atoms with Gasteiger partial charge in [-0.25, -0.2) is 8.42 Å². The van der Waals surface area contributed by atoms with Gasteiger partial charge in [-0.15, -0.1) is 0 Å². The van der Waals surface area contributed by atoms with E-state index in [0.29, 0.717) is 25.0 Å². The molecule has 0 aromatic heterocycles. The van der Waals surface area contributed by atoms with E-state index in [1.165, 1.54) is 0 Å². The Kier molecular flexibility index (Phi) is 6.00. The lowest BCUT2D eigenvalue weighted by Gasteiger charge is -2.28. The maximum atomic E-state index is 12.3. The van der Waals surface area contributed by atoms with E-state index < -0.39 is 9.84 Å². The van der Waals surface area contributed by atoms with Crippen molar-refractivity contribution in [3.05, 3.63) is 28.8 Å². The summed E-state index contributed by atoms with van der Waals surface area (Å²) in [5, 5.41) is 13.6. The molecule has 1 aliphatic rings. The zero-order valence-corrected chi connectivity index (χ0v) is 18.2. The van der Waals surface area contributed by atoms with Crippen LogP contribution in [0.25, 0.3) is 0 Å². The highest BCUT2D eigenvalue weighted by Crippen LogP contribution is 2.39. The van der Waals surface area contributed by atoms with E-state index in [1.807, 2.05) is 12.1 Å². The Morgan fingerprint density at radius 1 is 1.11 bits per heavy atom. The van der Waals surface area contributed by atoms with Crippen LogP contribution in [-0.2, 0) is 31.9 Å². The van der Waals surface area contributed by atoms with Crippen molar-refractivity contribution >= 4 is 15.7 Å². The molecule has 5 nitrogen and oxygen atoms in total. The molecule has 1 aliphatic heterocycles. The van der Waals surface area contributed by atoms with Crippen LogP contribution in [0.3, 0.4) is 0 Å². The molecule has 152 valence electrons. The third-order valence-corrected chi connectivity index (χ3v) is 6.79. The van der Waals surface area contributed by atoms with Crippen molar-refractivity contribution in [1.29, 1.82) is 0 Å². The molecule has 0 aliphatic carbocycles. The SMILES string of the molecule is CC(C)(C)c1cc(CCC(=O)N[C@@H]2CCS(=O)(=O)C2)cc(C(C)(C)C)c1O. The lowest BCUT2D eigenvalue weighted by molar-refractivity contribution is -0.121. The minimum Gasteiger partial charge on any atom is -0.507 e. The van der Waals surface area contributed by atoms with Gasteiger partial charge in [-0.05, 0) is 40.4 Å². The fourth-order valence-corrected chi connectivity index (χ4v) is 5.12. The Labute approximate surface area is 163 Å². The molecule has 0 saturated carbocycles. The number of phenols is 1. The standard InChI is InChI=1S/C21H33NO4S/c1-20(2,3)16-11-14(12-17(19(16)24)21(4,5)6)7-8-18(23)22-15-9-10-27(25,26)13-15/h11-12,15,24H,7-10,13H2,1-6H3,(H,22,23)/t15-/m1/s1. The molecule has 1 aromatic rings. The van der Waals surface area contributed by atoms with Gasteiger partial charge >= 0.3 is 0 Å². The lowest BCUT2D eigenvalue weighted by atomic mass is 9.78. The lowest BCUT2D eigenvalue weighted by Crippen LogP contribution is -2.35. The summed E-state index contributed by atoms with van der Waals surface area (Å²) in [5.41, 5.74) is 2.36. The largest absolute Gasteiger partial charge is 0.507 e. The summed E-state index contributed by atoms with van der Waals surface area (Å²) >= 11 is 0. The normalized spacial score (nSPS) is 19.9. The van der Waals surface area contributed by atoms with Crippen LogP contribution in [0.2, 0.25) is 0 Å². The first kappa shape index (κ1) is 21.7. The van der Waals surface area contributed by atoms with E-state index in [0.717, 1.165) is 16.7 Å². The molecule has 2 rings (SSSR count). The van der Waals surface area contributed by atoms with Crippen molar-refractivity contribution in [3.63, 3.8) is 0 Å². The van der Waals surface area contributed by atoms with Crippen molar-refractivity contribution in [2.75, 3.05) is 11.5 Å². The molecule has 0 bridgehead atoms. The monoisotopic (exact) mass is 395 g/mol. The second kappa shape index (κ2) is 7.46. The van der Waals surface area contributed by atoms with Gasteiger partial charge in [0.05, 0.1) is 11.5 Å². The van der Waals surface area contributed by atoms with Gasteiger partial charge in [0.1, 0.15) is 5.75 Å². The van der Waals surface area contributed by atoms with Gasteiger partial charge in [-0.1, -0.05) is 53.7 Å². The minimum atomic E-state index is -3.00. The Hall–Kier alpha value is -1.56. The summed E-state index contributed by atoms with van der Waals surface area (Å²) in [4.78, 5) is 12.3. The summed E-state index contributed by atoms with van der Waals surface area (Å²) in [6.07, 6.45) is 1.35. The Bertz CT molecular complexity index is 779. The fourth-order valence-electron chi connectivity index (χ4n) is 3.45. The molecule has 1 aromatic carbocycles. The molecular formula is C21H33NO4S. The van der Waals surface area contributed by atoms with Gasteiger partial charge in [0, 0.05) is 12.5 Å². The summed E-state index contributed by atoms with van der Waals surface area (Å²) in [6, 6.07) is 3.70. The molecule has 0 radical (unpaired) electrons. The number of hydrogen-bond acceptors (Lipinski definition) is 4. The topological polar surface area (TPSA) is 83.5 Å². The number of phenolic OH excluding ortho intramolecular Hbond substituents is 1. The molecule has 1 atom stereocenters. The van der Waals surface area contributed by atoms with Crippen molar-refractivity contribution in [2.45, 2.75) is 77.7 Å². The fraction of sp³-hybridized carbons (Fsp3) is 0.667. The van der Waals surface area contributed by atoms with E-state index >= 15 is 0 Å². The predicted octanol–water partition coefficient (Wildman–Crippen LogP) is 3.22. The number of nitrogens with one attached hydrogen (secondary N) is 1. The van der Waals surface area contributed by atoms with Crippen molar-refractivity contribution in [1.82, 2.24) is 5.32 Å². The summed E-state index contributed by atoms with van der Waals surface area (Å²) in [7, 11) is -3.00. The van der Waals surface area contributed by atoms with Crippen molar-refractivity contribution < 1.29 is 18.3 Å². The highest BCUT2D eigenvalue weighted by molar-refractivity contribution is 7.91. The highest BCUT2D eigenvalue weighted by Gasteiger charge is 2.29. The third kappa shape index (κ3) is 5.71. The van der Waals surface area contributed by atoms with Gasteiger partial charge in [0.25, 0.3) is 0 Å². The highest BCUT2D eigenvalue weighted by atomic mass is 32.2. The quantitative estimate of drug-likeness (QED) is 0.820. The molecule has 1 saturated heterocycles. The van der Waals surface area contributed by atoms with E-state index in [9.17, 15) is 18.3 Å². The average Bonchev–Trinajstić information content (AvgIpc) is 2.82. The number of carbonyl (C=O) groups is 1. The average molecular weight is 396 g/mol. The second-order valence-electron chi connectivity index (χ2n) is 9.71. The number of hydrogen-bond donors (Lipinski definition) is 2. The van der Waals surface area contributed by atoms with Crippen LogP contribution in [0.15, 0.2) is 12.1 Å². The second-order valence-corrected chi connectivity index (χ2v) is 11.9. The van der Waals surface area contributed by atoms with Crippen LogP contribution in [-0.4, -0.2) is 37.0 Å². The van der Waals surface area contributed by atoms with Gasteiger partial charge in [0.2, 0.25) is 5.91 Å². The predicted molar refractivity (Wildman–Crippen MR) is 109 cm³/mol. The number of sulfone groups is 1. The number of aryl methyl sites for hydroxylation is 1. The third-order valence-electron chi connectivity index (χ3n) is 5.02. The maximum Gasteiger partial charge on any atom is 0.220 e. The Morgan fingerprint density at radius 2 is 1.63 bits per heavy atom. The summed E-state index contributed by atoms with van der Waals surface area (Å²) in [6.45, 7) is 12.4. The number of carbonyl (C=O) groups excluding carboxylic acids is 1. The zero-order valence-electron chi connectivity index (χ0n) is 17.3. The van der Waals surface area contributed by atoms with Crippen LogP contribution in [0.4, 0.5) is 0 Å². The van der Waals surface area contributed by atoms with Gasteiger partial charge < -0.3 is 10.4 Å². The first-order valence-electron chi connectivity index (χ1n) is 9.56. The number of rotatable bonds is 4. The molecule has 2 N–H and O–H groups in total. The number of aromatic hydroxyl groups is 1. The van der Waals surface area contributed by atoms with Crippen LogP contribution in [0, 0.1) is 0 Å². The maximum absolute atomic E-state index is 12.3. The van der Waals surface area contributed by atoms with Gasteiger partial charge in [-0.2, -0.15) is 0 Å². The van der Waals surface area contributed by atoms with Crippen LogP contribution >= 0.6 is 0 Å². The van der Waals surface area contributed by atoms with Crippen LogP contribution < -0.4 is 5.32 Å². The molecule has 27 heavy (non-hydrogen) atoms. The zero-order chi connectivity index (χ0) is 20.6. The van der Waals surface area contributed by atoms with E-state index in [4.69, 9.17) is 0 Å². The molecule has 1 fully saturated rings. The van der Waals surface area contributed by atoms with Crippen molar-refractivity contribution in [3.8, 4) is 5.75 Å². The first-order valence-corrected chi connectivity index (χ1v) is 11.4. The summed E-state index contributed by atoms with van der Waals surface area (Å²) in [5.74, 6) is 0.402. The minimum absolute atomic E-state index is 0.0420.